The Hall–Kier alpha value is -1.81. The molecule has 0 bridgehead atoms. The van der Waals surface area contributed by atoms with Crippen LogP contribution >= 0.6 is 15.9 Å². The Morgan fingerprint density at radius 1 is 1.19 bits per heavy atom. The molecule has 0 aliphatic heterocycles. The molecule has 110 valence electrons. The zero-order valence-electron chi connectivity index (χ0n) is 12.4. The molecule has 2 aromatic carbocycles. The van der Waals surface area contributed by atoms with Crippen LogP contribution in [0, 0.1) is 6.92 Å². The van der Waals surface area contributed by atoms with Gasteiger partial charge in [0, 0.05) is 23.6 Å². The van der Waals surface area contributed by atoms with E-state index in [0.29, 0.717) is 12.1 Å². The van der Waals surface area contributed by atoms with Gasteiger partial charge in [-0.1, -0.05) is 28.1 Å². The van der Waals surface area contributed by atoms with Crippen LogP contribution in [0.3, 0.4) is 0 Å². The molecule has 0 heterocycles. The number of halogens is 1. The molecule has 2 aromatic rings. The van der Waals surface area contributed by atoms with E-state index in [1.165, 1.54) is 0 Å². The SMILES string of the molecule is COc1ccc(CN(C)C(=O)c2cc(C)cc(Br)c2)cc1. The minimum absolute atomic E-state index is 0.00946. The third kappa shape index (κ3) is 4.08. The molecule has 21 heavy (non-hydrogen) atoms. The van der Waals surface area contributed by atoms with Gasteiger partial charge < -0.3 is 9.64 Å². The molecular weight excluding hydrogens is 330 g/mol. The lowest BCUT2D eigenvalue weighted by atomic mass is 10.1. The predicted molar refractivity (Wildman–Crippen MR) is 87.7 cm³/mol. The summed E-state index contributed by atoms with van der Waals surface area (Å²) in [4.78, 5) is 14.2. The molecule has 1 amide bonds. The number of carbonyl (C=O) groups is 1. The summed E-state index contributed by atoms with van der Waals surface area (Å²) in [5.41, 5.74) is 2.82. The lowest BCUT2D eigenvalue weighted by Gasteiger charge is -2.18. The van der Waals surface area contributed by atoms with Crippen LogP contribution in [-0.2, 0) is 6.54 Å². The number of nitrogens with zero attached hydrogens (tertiary/aromatic N) is 1. The van der Waals surface area contributed by atoms with Crippen molar-refractivity contribution in [3.8, 4) is 5.75 Å². The summed E-state index contributed by atoms with van der Waals surface area (Å²) in [6, 6.07) is 13.5. The highest BCUT2D eigenvalue weighted by molar-refractivity contribution is 9.10. The van der Waals surface area contributed by atoms with Gasteiger partial charge in [0.25, 0.3) is 5.91 Å². The van der Waals surface area contributed by atoms with Crippen LogP contribution in [0.4, 0.5) is 0 Å². The van der Waals surface area contributed by atoms with Crippen molar-refractivity contribution in [2.24, 2.45) is 0 Å². The number of hydrogen-bond donors (Lipinski definition) is 0. The first-order valence-electron chi connectivity index (χ1n) is 6.65. The second-order valence-electron chi connectivity index (χ2n) is 5.03. The van der Waals surface area contributed by atoms with Crippen LogP contribution in [0.25, 0.3) is 0 Å². The van der Waals surface area contributed by atoms with Gasteiger partial charge in [-0.2, -0.15) is 0 Å². The van der Waals surface area contributed by atoms with Gasteiger partial charge in [-0.3, -0.25) is 4.79 Å². The van der Waals surface area contributed by atoms with Crippen molar-refractivity contribution in [1.82, 2.24) is 4.90 Å². The van der Waals surface area contributed by atoms with Crippen LogP contribution in [0.1, 0.15) is 21.5 Å². The minimum atomic E-state index is 0.00946. The van der Waals surface area contributed by atoms with Crippen molar-refractivity contribution in [3.63, 3.8) is 0 Å². The number of rotatable bonds is 4. The highest BCUT2D eigenvalue weighted by Gasteiger charge is 2.13. The Morgan fingerprint density at radius 3 is 2.43 bits per heavy atom. The molecule has 0 saturated heterocycles. The average Bonchev–Trinajstić information content (AvgIpc) is 2.46. The molecule has 2 rings (SSSR count). The van der Waals surface area contributed by atoms with E-state index in [-0.39, 0.29) is 5.91 Å². The van der Waals surface area contributed by atoms with Gasteiger partial charge >= 0.3 is 0 Å². The number of benzene rings is 2. The summed E-state index contributed by atoms with van der Waals surface area (Å²) in [6.07, 6.45) is 0. The maximum absolute atomic E-state index is 12.5. The van der Waals surface area contributed by atoms with Gasteiger partial charge in [0.2, 0.25) is 0 Å². The van der Waals surface area contributed by atoms with Gasteiger partial charge in [-0.05, 0) is 48.4 Å². The lowest BCUT2D eigenvalue weighted by molar-refractivity contribution is 0.0785. The number of aryl methyl sites for hydroxylation is 1. The van der Waals surface area contributed by atoms with E-state index < -0.39 is 0 Å². The number of amides is 1. The first-order valence-corrected chi connectivity index (χ1v) is 7.44. The summed E-state index contributed by atoms with van der Waals surface area (Å²) in [5, 5.41) is 0. The van der Waals surface area contributed by atoms with Crippen LogP contribution < -0.4 is 4.74 Å². The minimum Gasteiger partial charge on any atom is -0.497 e. The summed E-state index contributed by atoms with van der Waals surface area (Å²) >= 11 is 3.43. The Kier molecular flexibility index (Phi) is 5.02. The van der Waals surface area contributed by atoms with Crippen molar-refractivity contribution < 1.29 is 9.53 Å². The smallest absolute Gasteiger partial charge is 0.253 e. The van der Waals surface area contributed by atoms with E-state index in [1.807, 2.05) is 56.4 Å². The molecule has 0 aliphatic carbocycles. The fourth-order valence-electron chi connectivity index (χ4n) is 2.16. The zero-order chi connectivity index (χ0) is 15.4. The second kappa shape index (κ2) is 6.76. The van der Waals surface area contributed by atoms with Crippen molar-refractivity contribution in [2.75, 3.05) is 14.2 Å². The number of hydrogen-bond acceptors (Lipinski definition) is 2. The molecule has 0 radical (unpaired) electrons. The second-order valence-corrected chi connectivity index (χ2v) is 5.94. The average molecular weight is 348 g/mol. The topological polar surface area (TPSA) is 29.5 Å². The van der Waals surface area contributed by atoms with Gasteiger partial charge in [-0.25, -0.2) is 0 Å². The fraction of sp³-hybridized carbons (Fsp3) is 0.235. The summed E-state index contributed by atoms with van der Waals surface area (Å²) < 4.78 is 6.05. The molecule has 0 atom stereocenters. The summed E-state index contributed by atoms with van der Waals surface area (Å²) in [6.45, 7) is 2.54. The monoisotopic (exact) mass is 347 g/mol. The normalized spacial score (nSPS) is 10.3. The van der Waals surface area contributed by atoms with E-state index in [9.17, 15) is 4.79 Å². The van der Waals surface area contributed by atoms with Crippen LogP contribution in [-0.4, -0.2) is 25.0 Å². The van der Waals surface area contributed by atoms with E-state index >= 15 is 0 Å². The standard InChI is InChI=1S/C17H18BrNO2/c1-12-8-14(10-15(18)9-12)17(20)19(2)11-13-4-6-16(21-3)7-5-13/h4-10H,11H2,1-3H3. The molecule has 3 nitrogen and oxygen atoms in total. The van der Waals surface area contributed by atoms with E-state index in [1.54, 1.807) is 12.0 Å². The van der Waals surface area contributed by atoms with E-state index in [2.05, 4.69) is 15.9 Å². The van der Waals surface area contributed by atoms with Crippen molar-refractivity contribution in [1.29, 1.82) is 0 Å². The molecule has 0 fully saturated rings. The third-order valence-corrected chi connectivity index (χ3v) is 3.67. The molecule has 0 aliphatic rings. The molecule has 0 aromatic heterocycles. The molecule has 0 unspecified atom stereocenters. The van der Waals surface area contributed by atoms with Crippen LogP contribution in [0.15, 0.2) is 46.9 Å². The molecule has 0 spiro atoms. The molecule has 4 heteroatoms. The zero-order valence-corrected chi connectivity index (χ0v) is 14.0. The van der Waals surface area contributed by atoms with Crippen molar-refractivity contribution in [2.45, 2.75) is 13.5 Å². The predicted octanol–water partition coefficient (Wildman–Crippen LogP) is 4.04. The number of methoxy groups -OCH3 is 1. The van der Waals surface area contributed by atoms with Gasteiger partial charge in [0.1, 0.15) is 5.75 Å². The highest BCUT2D eigenvalue weighted by atomic mass is 79.9. The van der Waals surface area contributed by atoms with Gasteiger partial charge in [0.15, 0.2) is 0 Å². The van der Waals surface area contributed by atoms with Gasteiger partial charge in [0.05, 0.1) is 7.11 Å². The quantitative estimate of drug-likeness (QED) is 0.835. The Bertz CT molecular complexity index is 617. The van der Waals surface area contributed by atoms with Crippen LogP contribution in [0.5, 0.6) is 5.75 Å². The Balaban J connectivity index is 2.11. The van der Waals surface area contributed by atoms with E-state index in [4.69, 9.17) is 4.74 Å². The maximum atomic E-state index is 12.5. The van der Waals surface area contributed by atoms with E-state index in [0.717, 1.165) is 21.3 Å². The van der Waals surface area contributed by atoms with Crippen molar-refractivity contribution >= 4 is 21.8 Å². The first kappa shape index (κ1) is 15.6. The fourth-order valence-corrected chi connectivity index (χ4v) is 2.76. The molecular formula is C17H18BrNO2. The molecule has 0 saturated carbocycles. The van der Waals surface area contributed by atoms with Crippen molar-refractivity contribution in [3.05, 3.63) is 63.6 Å². The highest BCUT2D eigenvalue weighted by Crippen LogP contribution is 2.18. The number of ether oxygens (including phenoxy) is 1. The first-order chi connectivity index (χ1) is 9.99. The third-order valence-electron chi connectivity index (χ3n) is 3.21. The Morgan fingerprint density at radius 2 is 1.86 bits per heavy atom. The largest absolute Gasteiger partial charge is 0.497 e. The summed E-state index contributed by atoms with van der Waals surface area (Å²) in [5.74, 6) is 0.825. The Labute approximate surface area is 133 Å². The maximum Gasteiger partial charge on any atom is 0.253 e. The summed E-state index contributed by atoms with van der Waals surface area (Å²) in [7, 11) is 3.45. The number of carbonyl (C=O) groups excluding carboxylic acids is 1. The molecule has 0 N–H and O–H groups in total. The lowest BCUT2D eigenvalue weighted by Crippen LogP contribution is -2.26. The van der Waals surface area contributed by atoms with Crippen LogP contribution in [0.2, 0.25) is 0 Å². The van der Waals surface area contributed by atoms with Gasteiger partial charge in [-0.15, -0.1) is 0 Å².